The van der Waals surface area contributed by atoms with Gasteiger partial charge in [-0.05, 0) is 35.7 Å². The second-order valence-electron chi connectivity index (χ2n) is 5.40. The van der Waals surface area contributed by atoms with E-state index in [1.54, 1.807) is 0 Å². The van der Waals surface area contributed by atoms with Gasteiger partial charge in [0.15, 0.2) is 0 Å². The number of ether oxygens (including phenoxy) is 1. The van der Waals surface area contributed by atoms with Crippen LogP contribution in [0.15, 0.2) is 33.3 Å². The number of hydrogen-bond donors (Lipinski definition) is 1. The topological polar surface area (TPSA) is 64.4 Å². The Morgan fingerprint density at radius 3 is 2.64 bits per heavy atom. The molecule has 1 amide bonds. The van der Waals surface area contributed by atoms with Gasteiger partial charge in [0.2, 0.25) is 5.76 Å². The van der Waals surface area contributed by atoms with E-state index in [-0.39, 0.29) is 17.7 Å². The molecule has 1 aliphatic rings. The minimum Gasteiger partial charge on any atom is -0.381 e. The van der Waals surface area contributed by atoms with Gasteiger partial charge < -0.3 is 14.6 Å². The van der Waals surface area contributed by atoms with Crippen LogP contribution in [0.1, 0.15) is 29.0 Å². The first kappa shape index (κ1) is 15.2. The number of rotatable bonds is 3. The number of carbonyl (C=O) groups excluding carboxylic acids is 1. The fraction of sp³-hybridized carbons (Fsp3) is 0.375. The molecule has 3 rings (SSSR count). The second kappa shape index (κ2) is 6.62. The SMILES string of the molecule is Cc1ccc(-c2noc(C(=O)NC3CCOCC3)c2Br)cc1. The minimum absolute atomic E-state index is 0.126. The summed E-state index contributed by atoms with van der Waals surface area (Å²) in [5.74, 6) is -0.0355. The summed E-state index contributed by atoms with van der Waals surface area (Å²) in [6.07, 6.45) is 1.64. The molecule has 1 aromatic carbocycles. The molecular formula is C16H17BrN2O3. The zero-order chi connectivity index (χ0) is 15.5. The van der Waals surface area contributed by atoms with Crippen LogP contribution >= 0.6 is 15.9 Å². The molecular weight excluding hydrogens is 348 g/mol. The van der Waals surface area contributed by atoms with Crippen LogP contribution in [0.25, 0.3) is 11.3 Å². The van der Waals surface area contributed by atoms with Crippen molar-refractivity contribution < 1.29 is 14.1 Å². The number of aryl methyl sites for hydroxylation is 1. The van der Waals surface area contributed by atoms with Crippen molar-refractivity contribution in [3.8, 4) is 11.3 Å². The molecule has 5 nitrogen and oxygen atoms in total. The van der Waals surface area contributed by atoms with Crippen molar-refractivity contribution in [2.75, 3.05) is 13.2 Å². The lowest BCUT2D eigenvalue weighted by Crippen LogP contribution is -2.38. The highest BCUT2D eigenvalue weighted by Gasteiger charge is 2.24. The number of benzene rings is 1. The largest absolute Gasteiger partial charge is 0.381 e. The number of amides is 1. The average molecular weight is 365 g/mol. The molecule has 0 aliphatic carbocycles. The Hall–Kier alpha value is -1.66. The van der Waals surface area contributed by atoms with Gasteiger partial charge in [0.05, 0.1) is 4.47 Å². The van der Waals surface area contributed by atoms with Crippen LogP contribution in [0.2, 0.25) is 0 Å². The smallest absolute Gasteiger partial charge is 0.291 e. The standard InChI is InChI=1S/C16H17BrN2O3/c1-10-2-4-11(5-3-10)14-13(17)15(22-19-14)16(20)18-12-6-8-21-9-7-12/h2-5,12H,6-9H2,1H3,(H,18,20). The van der Waals surface area contributed by atoms with Crippen molar-refractivity contribution in [1.29, 1.82) is 0 Å². The normalized spacial score (nSPS) is 15.7. The molecule has 1 aromatic heterocycles. The van der Waals surface area contributed by atoms with Gasteiger partial charge in [-0.2, -0.15) is 0 Å². The maximum Gasteiger partial charge on any atom is 0.291 e. The van der Waals surface area contributed by atoms with Crippen LogP contribution in [-0.4, -0.2) is 30.3 Å². The first-order valence-corrected chi connectivity index (χ1v) is 8.05. The lowest BCUT2D eigenvalue weighted by molar-refractivity contribution is 0.0679. The molecule has 2 aromatic rings. The third-order valence-corrected chi connectivity index (χ3v) is 4.46. The number of hydrogen-bond acceptors (Lipinski definition) is 4. The van der Waals surface area contributed by atoms with E-state index in [4.69, 9.17) is 9.26 Å². The molecule has 1 aliphatic heterocycles. The van der Waals surface area contributed by atoms with Gasteiger partial charge in [-0.1, -0.05) is 35.0 Å². The Morgan fingerprint density at radius 2 is 1.95 bits per heavy atom. The number of aromatic nitrogens is 1. The predicted molar refractivity (Wildman–Crippen MR) is 85.7 cm³/mol. The quantitative estimate of drug-likeness (QED) is 0.906. The Labute approximate surface area is 137 Å². The summed E-state index contributed by atoms with van der Waals surface area (Å²) >= 11 is 3.43. The highest BCUT2D eigenvalue weighted by Crippen LogP contribution is 2.30. The van der Waals surface area contributed by atoms with Gasteiger partial charge in [0.1, 0.15) is 5.69 Å². The van der Waals surface area contributed by atoms with E-state index in [9.17, 15) is 4.79 Å². The van der Waals surface area contributed by atoms with Crippen molar-refractivity contribution in [2.24, 2.45) is 0 Å². The van der Waals surface area contributed by atoms with Crippen LogP contribution in [0.3, 0.4) is 0 Å². The summed E-state index contributed by atoms with van der Waals surface area (Å²) in [7, 11) is 0. The first-order valence-electron chi connectivity index (χ1n) is 7.26. The van der Waals surface area contributed by atoms with Crippen LogP contribution in [0.5, 0.6) is 0 Å². The zero-order valence-corrected chi connectivity index (χ0v) is 13.9. The highest BCUT2D eigenvalue weighted by atomic mass is 79.9. The molecule has 1 N–H and O–H groups in total. The van der Waals surface area contributed by atoms with Crippen molar-refractivity contribution in [3.63, 3.8) is 0 Å². The van der Waals surface area contributed by atoms with Crippen LogP contribution < -0.4 is 5.32 Å². The predicted octanol–water partition coefficient (Wildman–Crippen LogP) is 3.32. The van der Waals surface area contributed by atoms with Crippen molar-refractivity contribution in [3.05, 3.63) is 40.1 Å². The summed E-state index contributed by atoms with van der Waals surface area (Å²) in [5, 5.41) is 6.99. The lowest BCUT2D eigenvalue weighted by atomic mass is 10.1. The van der Waals surface area contributed by atoms with Gasteiger partial charge >= 0.3 is 0 Å². The van der Waals surface area contributed by atoms with Crippen molar-refractivity contribution in [2.45, 2.75) is 25.8 Å². The molecule has 22 heavy (non-hydrogen) atoms. The number of nitrogens with one attached hydrogen (secondary N) is 1. The van der Waals surface area contributed by atoms with E-state index in [0.717, 1.165) is 18.4 Å². The van der Waals surface area contributed by atoms with E-state index in [0.29, 0.717) is 23.4 Å². The molecule has 0 spiro atoms. The summed E-state index contributed by atoms with van der Waals surface area (Å²) < 4.78 is 11.1. The average Bonchev–Trinajstić information content (AvgIpc) is 2.91. The van der Waals surface area contributed by atoms with Gasteiger partial charge in [-0.15, -0.1) is 0 Å². The van der Waals surface area contributed by atoms with Gasteiger partial charge in [-0.25, -0.2) is 0 Å². The summed E-state index contributed by atoms with van der Waals surface area (Å²) in [6, 6.07) is 8.04. The van der Waals surface area contributed by atoms with Gasteiger partial charge in [-0.3, -0.25) is 4.79 Å². The van der Waals surface area contributed by atoms with Crippen LogP contribution in [0.4, 0.5) is 0 Å². The van der Waals surface area contributed by atoms with Crippen LogP contribution in [0, 0.1) is 6.92 Å². The Morgan fingerprint density at radius 1 is 1.27 bits per heavy atom. The highest BCUT2D eigenvalue weighted by molar-refractivity contribution is 9.10. The van der Waals surface area contributed by atoms with Gasteiger partial charge in [0, 0.05) is 24.8 Å². The molecule has 116 valence electrons. The summed E-state index contributed by atoms with van der Waals surface area (Å²) in [5.41, 5.74) is 2.71. The zero-order valence-electron chi connectivity index (χ0n) is 12.3. The number of halogens is 1. The molecule has 0 unspecified atom stereocenters. The number of carbonyl (C=O) groups is 1. The molecule has 6 heteroatoms. The molecule has 0 radical (unpaired) electrons. The minimum atomic E-state index is -0.246. The van der Waals surface area contributed by atoms with Crippen molar-refractivity contribution in [1.82, 2.24) is 10.5 Å². The molecule has 2 heterocycles. The third-order valence-electron chi connectivity index (χ3n) is 3.72. The Bertz CT molecular complexity index is 661. The molecule has 0 bridgehead atoms. The van der Waals surface area contributed by atoms with E-state index in [1.807, 2.05) is 31.2 Å². The second-order valence-corrected chi connectivity index (χ2v) is 6.19. The molecule has 0 saturated carbocycles. The van der Waals surface area contributed by atoms with Crippen molar-refractivity contribution >= 4 is 21.8 Å². The number of nitrogens with zero attached hydrogens (tertiary/aromatic N) is 1. The van der Waals surface area contributed by atoms with E-state index >= 15 is 0 Å². The first-order chi connectivity index (χ1) is 10.6. The molecule has 1 saturated heterocycles. The molecule has 1 fully saturated rings. The van der Waals surface area contributed by atoms with E-state index < -0.39 is 0 Å². The van der Waals surface area contributed by atoms with Gasteiger partial charge in [0.25, 0.3) is 5.91 Å². The Balaban J connectivity index is 1.77. The maximum absolute atomic E-state index is 12.3. The molecule has 0 atom stereocenters. The van der Waals surface area contributed by atoms with E-state index in [1.165, 1.54) is 5.56 Å². The van der Waals surface area contributed by atoms with E-state index in [2.05, 4.69) is 26.4 Å². The lowest BCUT2D eigenvalue weighted by Gasteiger charge is -2.22. The summed E-state index contributed by atoms with van der Waals surface area (Å²) in [6.45, 7) is 3.38. The third kappa shape index (κ3) is 3.23. The fourth-order valence-electron chi connectivity index (χ4n) is 2.40. The summed E-state index contributed by atoms with van der Waals surface area (Å²) in [4.78, 5) is 12.3. The fourth-order valence-corrected chi connectivity index (χ4v) is 2.96. The van der Waals surface area contributed by atoms with Crippen LogP contribution in [-0.2, 0) is 4.74 Å². The Kier molecular flexibility index (Phi) is 4.59. The maximum atomic E-state index is 12.3. The monoisotopic (exact) mass is 364 g/mol.